The zero-order valence-electron chi connectivity index (χ0n) is 18.2. The van der Waals surface area contributed by atoms with Gasteiger partial charge in [0.25, 0.3) is 5.56 Å². The molecule has 0 radical (unpaired) electrons. The summed E-state index contributed by atoms with van der Waals surface area (Å²) in [6.45, 7) is 4.70. The first-order chi connectivity index (χ1) is 14.5. The number of nitrogens with one attached hydrogen (secondary N) is 2. The second-order valence-electron chi connectivity index (χ2n) is 7.70. The number of fused-ring (bicyclic) bond motifs is 1. The Balaban J connectivity index is 2.00. The maximum absolute atomic E-state index is 12.9. The van der Waals surface area contributed by atoms with Crippen LogP contribution in [-0.2, 0) is 14.3 Å². The number of anilines is 3. The quantitative estimate of drug-likeness (QED) is 0.368. The number of hydrogen-bond acceptors (Lipinski definition) is 8. The van der Waals surface area contributed by atoms with Gasteiger partial charge in [-0.1, -0.05) is 39.5 Å². The van der Waals surface area contributed by atoms with Crippen molar-refractivity contribution in [2.24, 2.45) is 0 Å². The first-order valence-electron chi connectivity index (χ1n) is 11.0. The van der Waals surface area contributed by atoms with Crippen LogP contribution in [-0.4, -0.2) is 41.0 Å². The van der Waals surface area contributed by atoms with Gasteiger partial charge in [0.2, 0.25) is 5.95 Å². The first-order valence-corrected chi connectivity index (χ1v) is 11.0. The van der Waals surface area contributed by atoms with Crippen LogP contribution in [0.4, 0.5) is 17.5 Å². The van der Waals surface area contributed by atoms with Crippen molar-refractivity contribution in [2.45, 2.75) is 84.3 Å². The van der Waals surface area contributed by atoms with Crippen molar-refractivity contribution in [3.8, 4) is 0 Å². The molecule has 1 aromatic rings. The van der Waals surface area contributed by atoms with Crippen molar-refractivity contribution < 1.29 is 14.3 Å². The third-order valence-electron chi connectivity index (χ3n) is 5.14. The molecule has 1 atom stereocenters. The molecule has 0 amide bonds. The molecule has 0 saturated heterocycles. The molecule has 2 rings (SSSR count). The molecule has 2 heterocycles. The summed E-state index contributed by atoms with van der Waals surface area (Å²) in [5.74, 6) is 0.475. The van der Waals surface area contributed by atoms with E-state index in [0.29, 0.717) is 31.5 Å². The lowest BCUT2D eigenvalue weighted by Crippen LogP contribution is -2.44. The minimum Gasteiger partial charge on any atom is -0.369 e. The van der Waals surface area contributed by atoms with Crippen LogP contribution >= 0.6 is 0 Å². The minimum atomic E-state index is -0.862. The Hall–Kier alpha value is -2.42. The van der Waals surface area contributed by atoms with E-state index in [4.69, 9.17) is 10.5 Å². The predicted octanol–water partition coefficient (Wildman–Crippen LogP) is 2.96. The molecule has 1 aliphatic heterocycles. The molecule has 4 N–H and O–H groups in total. The summed E-state index contributed by atoms with van der Waals surface area (Å²) in [6.07, 6.45) is 6.96. The lowest BCUT2D eigenvalue weighted by Gasteiger charge is -2.27. The van der Waals surface area contributed by atoms with Crippen LogP contribution in [0.3, 0.4) is 0 Å². The number of rotatable bonds is 15. The number of nitrogen functional groups attached to an aromatic ring is 1. The molecule has 0 spiro atoms. The van der Waals surface area contributed by atoms with Crippen LogP contribution in [0.2, 0.25) is 0 Å². The lowest BCUT2D eigenvalue weighted by atomic mass is 10.1. The second kappa shape index (κ2) is 12.3. The number of aromatic nitrogens is 2. The number of H-pyrrole nitrogens is 1. The zero-order chi connectivity index (χ0) is 21.9. The Kier molecular flexibility index (Phi) is 9.79. The van der Waals surface area contributed by atoms with Crippen molar-refractivity contribution >= 4 is 29.0 Å². The highest BCUT2D eigenvalue weighted by Crippen LogP contribution is 2.29. The summed E-state index contributed by atoms with van der Waals surface area (Å²) in [4.78, 5) is 45.2. The van der Waals surface area contributed by atoms with Crippen LogP contribution in [0, 0.1) is 0 Å². The molecule has 1 unspecified atom stereocenters. The minimum absolute atomic E-state index is 0.0118. The molecule has 0 saturated carbocycles. The Morgan fingerprint density at radius 2 is 1.77 bits per heavy atom. The van der Waals surface area contributed by atoms with Gasteiger partial charge in [-0.15, -0.1) is 0 Å². The Morgan fingerprint density at radius 3 is 2.47 bits per heavy atom. The smallest absolute Gasteiger partial charge is 0.277 e. The van der Waals surface area contributed by atoms with Crippen molar-refractivity contribution in [1.29, 1.82) is 0 Å². The van der Waals surface area contributed by atoms with E-state index in [9.17, 15) is 14.4 Å². The number of unbranched alkanes of at least 4 members (excludes halogenated alkanes) is 4. The Labute approximate surface area is 177 Å². The maximum Gasteiger partial charge on any atom is 0.277 e. The van der Waals surface area contributed by atoms with Gasteiger partial charge in [0, 0.05) is 19.3 Å². The van der Waals surface area contributed by atoms with Gasteiger partial charge >= 0.3 is 0 Å². The van der Waals surface area contributed by atoms with Gasteiger partial charge in [0.05, 0.1) is 13.3 Å². The van der Waals surface area contributed by atoms with Gasteiger partial charge in [-0.2, -0.15) is 4.98 Å². The number of hydrogen-bond donors (Lipinski definition) is 3. The van der Waals surface area contributed by atoms with E-state index >= 15 is 0 Å². The Morgan fingerprint density at radius 1 is 1.10 bits per heavy atom. The van der Waals surface area contributed by atoms with Gasteiger partial charge in [0.15, 0.2) is 17.8 Å². The average molecular weight is 422 g/mol. The van der Waals surface area contributed by atoms with Crippen molar-refractivity contribution in [3.05, 3.63) is 10.4 Å². The van der Waals surface area contributed by atoms with Crippen LogP contribution in [0.25, 0.3) is 0 Å². The third kappa shape index (κ3) is 6.83. The van der Waals surface area contributed by atoms with E-state index in [1.54, 1.807) is 4.90 Å². The molecule has 9 nitrogen and oxygen atoms in total. The fourth-order valence-electron chi connectivity index (χ4n) is 3.47. The SMILES string of the molecule is CCCCCC(=O)CCCOC(C(=O)CCCCC)N1CNc2c1nc(N)[nH]c2=O. The number of nitrogens with zero attached hydrogens (tertiary/aromatic N) is 2. The molecular weight excluding hydrogens is 386 g/mol. The summed E-state index contributed by atoms with van der Waals surface area (Å²) in [7, 11) is 0. The predicted molar refractivity (Wildman–Crippen MR) is 118 cm³/mol. The highest BCUT2D eigenvalue weighted by Gasteiger charge is 2.34. The molecule has 0 aliphatic carbocycles. The third-order valence-corrected chi connectivity index (χ3v) is 5.14. The fourth-order valence-corrected chi connectivity index (χ4v) is 3.47. The molecule has 0 fully saturated rings. The summed E-state index contributed by atoms with van der Waals surface area (Å²) >= 11 is 0. The maximum atomic E-state index is 12.9. The van der Waals surface area contributed by atoms with Crippen LogP contribution in [0.15, 0.2) is 4.79 Å². The largest absolute Gasteiger partial charge is 0.369 e. The van der Waals surface area contributed by atoms with Gasteiger partial charge in [-0.3, -0.25) is 19.4 Å². The normalized spacial score (nSPS) is 13.7. The fraction of sp³-hybridized carbons (Fsp3) is 0.714. The molecule has 0 aromatic carbocycles. The average Bonchev–Trinajstić information content (AvgIpc) is 3.12. The van der Waals surface area contributed by atoms with Gasteiger partial charge < -0.3 is 20.7 Å². The lowest BCUT2D eigenvalue weighted by molar-refractivity contribution is -0.130. The standard InChI is InChI=1S/C21H35N5O4/c1-3-5-7-10-15(27)11-9-13-30-20(16(28)12-8-6-4-2)26-14-23-17-18(26)24-21(22)25-19(17)29/h20,23H,3-14H2,1-2H3,(H3,22,24,25,29). The molecule has 0 bridgehead atoms. The van der Waals surface area contributed by atoms with E-state index < -0.39 is 6.23 Å². The molecule has 9 heteroatoms. The summed E-state index contributed by atoms with van der Waals surface area (Å²) < 4.78 is 5.92. The highest BCUT2D eigenvalue weighted by molar-refractivity contribution is 5.88. The number of ether oxygens (including phenoxy) is 1. The number of aromatic amines is 1. The van der Waals surface area contributed by atoms with E-state index in [0.717, 1.165) is 38.5 Å². The summed E-state index contributed by atoms with van der Waals surface area (Å²) in [6, 6.07) is 0. The summed E-state index contributed by atoms with van der Waals surface area (Å²) in [5, 5.41) is 2.96. The van der Waals surface area contributed by atoms with Crippen molar-refractivity contribution in [2.75, 3.05) is 29.2 Å². The summed E-state index contributed by atoms with van der Waals surface area (Å²) in [5.41, 5.74) is 5.59. The van der Waals surface area contributed by atoms with Gasteiger partial charge in [-0.05, 0) is 19.3 Å². The molecule has 1 aliphatic rings. The molecule has 1 aromatic heterocycles. The highest BCUT2D eigenvalue weighted by atomic mass is 16.5. The number of nitrogens with two attached hydrogens (primary N) is 1. The second-order valence-corrected chi connectivity index (χ2v) is 7.70. The number of Topliss-reactive ketones (excluding diaryl/α,β-unsaturated/α-hetero) is 2. The number of ketones is 2. The van der Waals surface area contributed by atoms with E-state index in [1.807, 2.05) is 0 Å². The zero-order valence-corrected chi connectivity index (χ0v) is 18.2. The van der Waals surface area contributed by atoms with Crippen molar-refractivity contribution in [3.63, 3.8) is 0 Å². The van der Waals surface area contributed by atoms with Crippen LogP contribution in [0.5, 0.6) is 0 Å². The van der Waals surface area contributed by atoms with Crippen LogP contribution in [0.1, 0.15) is 78.1 Å². The molecule has 30 heavy (non-hydrogen) atoms. The van der Waals surface area contributed by atoms with E-state index in [-0.39, 0.29) is 42.0 Å². The van der Waals surface area contributed by atoms with E-state index in [2.05, 4.69) is 29.1 Å². The Bertz CT molecular complexity index is 764. The molecular formula is C21H35N5O4. The van der Waals surface area contributed by atoms with Crippen LogP contribution < -0.4 is 21.5 Å². The van der Waals surface area contributed by atoms with Gasteiger partial charge in [0.1, 0.15) is 11.5 Å². The van der Waals surface area contributed by atoms with Gasteiger partial charge in [-0.25, -0.2) is 0 Å². The first kappa shape index (κ1) is 23.9. The topological polar surface area (TPSA) is 130 Å². The number of carbonyl (C=O) groups is 2. The monoisotopic (exact) mass is 421 g/mol. The van der Waals surface area contributed by atoms with E-state index in [1.165, 1.54) is 0 Å². The van der Waals surface area contributed by atoms with Crippen molar-refractivity contribution in [1.82, 2.24) is 9.97 Å². The molecule has 168 valence electrons. The number of carbonyl (C=O) groups excluding carboxylic acids is 2.